The van der Waals surface area contributed by atoms with Crippen LogP contribution in [0.5, 0.6) is 0 Å². The quantitative estimate of drug-likeness (QED) is 0.570. The van der Waals surface area contributed by atoms with Crippen LogP contribution in [0.25, 0.3) is 0 Å². The van der Waals surface area contributed by atoms with Crippen molar-refractivity contribution in [2.75, 3.05) is 23.4 Å². The molecule has 1 saturated heterocycles. The number of nitrogens with two attached hydrogens (primary N) is 1. The minimum absolute atomic E-state index is 0.712. The zero-order chi connectivity index (χ0) is 10.7. The number of pyridine rings is 1. The fraction of sp³-hybridized carbons (Fsp3) is 0.545. The Balaban J connectivity index is 2.03. The van der Waals surface area contributed by atoms with Crippen LogP contribution < -0.4 is 16.2 Å². The van der Waals surface area contributed by atoms with Gasteiger partial charge in [-0.3, -0.25) is 0 Å². The molecule has 15 heavy (non-hydrogen) atoms. The van der Waals surface area contributed by atoms with E-state index in [4.69, 9.17) is 5.84 Å². The van der Waals surface area contributed by atoms with Crippen molar-refractivity contribution in [3.8, 4) is 0 Å². The topological polar surface area (TPSA) is 54.2 Å². The number of hydrogen-bond donors (Lipinski definition) is 2. The molecule has 0 aromatic carbocycles. The molecule has 2 heterocycles. The van der Waals surface area contributed by atoms with Crippen LogP contribution in [-0.4, -0.2) is 18.1 Å². The lowest BCUT2D eigenvalue weighted by molar-refractivity contribution is 0.438. The van der Waals surface area contributed by atoms with Gasteiger partial charge >= 0.3 is 0 Å². The number of aromatic nitrogens is 1. The van der Waals surface area contributed by atoms with Crippen LogP contribution in [0.2, 0.25) is 0 Å². The van der Waals surface area contributed by atoms with Crippen LogP contribution in [0.3, 0.4) is 0 Å². The second-order valence-corrected chi connectivity index (χ2v) is 4.22. The molecule has 0 atom stereocenters. The molecular formula is C11H18N4. The highest BCUT2D eigenvalue weighted by atomic mass is 15.2. The lowest BCUT2D eigenvalue weighted by Crippen LogP contribution is -2.32. The Morgan fingerprint density at radius 1 is 1.40 bits per heavy atom. The number of nitrogen functional groups attached to an aromatic ring is 1. The number of hydrazine groups is 1. The van der Waals surface area contributed by atoms with Gasteiger partial charge in [-0.25, -0.2) is 10.8 Å². The third-order valence-corrected chi connectivity index (χ3v) is 3.04. The number of nitrogens with zero attached hydrogens (tertiary/aromatic N) is 2. The maximum Gasteiger partial charge on any atom is 0.140 e. The van der Waals surface area contributed by atoms with Crippen LogP contribution >= 0.6 is 0 Å². The van der Waals surface area contributed by atoms with Crippen molar-refractivity contribution < 1.29 is 0 Å². The minimum atomic E-state index is 0.712. The maximum absolute atomic E-state index is 5.27. The van der Waals surface area contributed by atoms with Crippen molar-refractivity contribution in [1.82, 2.24) is 4.98 Å². The van der Waals surface area contributed by atoms with Crippen LogP contribution in [0, 0.1) is 5.92 Å². The van der Waals surface area contributed by atoms with Gasteiger partial charge in [0.05, 0.1) is 11.9 Å². The number of anilines is 2. The maximum atomic E-state index is 5.27. The smallest absolute Gasteiger partial charge is 0.140 e. The number of nitrogens with one attached hydrogen (secondary N) is 1. The second kappa shape index (κ2) is 4.49. The molecule has 1 aliphatic rings. The van der Waals surface area contributed by atoms with E-state index in [1.807, 2.05) is 12.3 Å². The van der Waals surface area contributed by atoms with E-state index in [0.717, 1.165) is 19.0 Å². The second-order valence-electron chi connectivity index (χ2n) is 4.22. The Morgan fingerprint density at radius 2 is 2.13 bits per heavy atom. The molecule has 0 spiro atoms. The van der Waals surface area contributed by atoms with E-state index in [1.54, 1.807) is 0 Å². The molecule has 0 radical (unpaired) electrons. The predicted octanol–water partition coefficient (Wildman–Crippen LogP) is 1.60. The predicted molar refractivity (Wildman–Crippen MR) is 62.7 cm³/mol. The summed E-state index contributed by atoms with van der Waals surface area (Å²) in [5.41, 5.74) is 3.73. The van der Waals surface area contributed by atoms with Gasteiger partial charge in [-0.2, -0.15) is 0 Å². The molecular weight excluding hydrogens is 188 g/mol. The first-order valence-electron chi connectivity index (χ1n) is 5.47. The molecule has 4 nitrogen and oxygen atoms in total. The number of hydrogen-bond acceptors (Lipinski definition) is 4. The van der Waals surface area contributed by atoms with Crippen LogP contribution in [0.4, 0.5) is 11.5 Å². The molecule has 1 fully saturated rings. The molecule has 0 unspecified atom stereocenters. The summed E-state index contributed by atoms with van der Waals surface area (Å²) in [6, 6.07) is 3.98. The third-order valence-electron chi connectivity index (χ3n) is 3.04. The van der Waals surface area contributed by atoms with Gasteiger partial charge in [0, 0.05) is 13.1 Å². The zero-order valence-electron chi connectivity index (χ0n) is 9.11. The first-order valence-corrected chi connectivity index (χ1v) is 5.47. The van der Waals surface area contributed by atoms with Crippen LogP contribution in [0.15, 0.2) is 18.3 Å². The van der Waals surface area contributed by atoms with E-state index in [-0.39, 0.29) is 0 Å². The lowest BCUT2D eigenvalue weighted by Gasteiger charge is -2.31. The summed E-state index contributed by atoms with van der Waals surface area (Å²) in [5, 5.41) is 0. The van der Waals surface area contributed by atoms with E-state index in [2.05, 4.69) is 28.3 Å². The average Bonchev–Trinajstić information content (AvgIpc) is 2.30. The van der Waals surface area contributed by atoms with Gasteiger partial charge in [0.25, 0.3) is 0 Å². The van der Waals surface area contributed by atoms with E-state index >= 15 is 0 Å². The summed E-state index contributed by atoms with van der Waals surface area (Å²) in [7, 11) is 0. The standard InChI is InChI=1S/C11H18N4/c1-9-4-6-15(7-5-9)10-2-3-11(14-12)13-8-10/h2-3,8-9H,4-7,12H2,1H3,(H,13,14). The molecule has 4 heteroatoms. The summed E-state index contributed by atoms with van der Waals surface area (Å²) in [4.78, 5) is 6.60. The van der Waals surface area contributed by atoms with Crippen molar-refractivity contribution in [2.45, 2.75) is 19.8 Å². The Morgan fingerprint density at radius 3 is 2.67 bits per heavy atom. The summed E-state index contributed by atoms with van der Waals surface area (Å²) < 4.78 is 0. The van der Waals surface area contributed by atoms with Crippen molar-refractivity contribution in [2.24, 2.45) is 11.8 Å². The molecule has 2 rings (SSSR count). The van der Waals surface area contributed by atoms with Crippen molar-refractivity contribution in [3.63, 3.8) is 0 Å². The van der Waals surface area contributed by atoms with E-state index in [1.165, 1.54) is 18.5 Å². The molecule has 0 aliphatic carbocycles. The van der Waals surface area contributed by atoms with Gasteiger partial charge in [-0.15, -0.1) is 0 Å². The highest BCUT2D eigenvalue weighted by molar-refractivity contribution is 5.49. The van der Waals surface area contributed by atoms with Crippen molar-refractivity contribution in [3.05, 3.63) is 18.3 Å². The summed E-state index contributed by atoms with van der Waals surface area (Å²) in [6.45, 7) is 4.59. The number of rotatable bonds is 2. The van der Waals surface area contributed by atoms with E-state index < -0.39 is 0 Å². The summed E-state index contributed by atoms with van der Waals surface area (Å²) in [6.07, 6.45) is 4.43. The first-order chi connectivity index (χ1) is 7.29. The Hall–Kier alpha value is -1.29. The Kier molecular flexibility index (Phi) is 3.06. The first kappa shape index (κ1) is 10.2. The molecule has 0 amide bonds. The fourth-order valence-corrected chi connectivity index (χ4v) is 1.93. The molecule has 1 aromatic rings. The average molecular weight is 206 g/mol. The normalized spacial score (nSPS) is 17.9. The molecule has 1 aliphatic heterocycles. The van der Waals surface area contributed by atoms with Crippen molar-refractivity contribution in [1.29, 1.82) is 0 Å². The van der Waals surface area contributed by atoms with Gasteiger partial charge in [0.15, 0.2) is 0 Å². The monoisotopic (exact) mass is 206 g/mol. The highest BCUT2D eigenvalue weighted by Gasteiger charge is 2.15. The van der Waals surface area contributed by atoms with Gasteiger partial charge in [-0.05, 0) is 30.9 Å². The number of piperidine rings is 1. The minimum Gasteiger partial charge on any atom is -0.370 e. The van der Waals surface area contributed by atoms with Gasteiger partial charge < -0.3 is 10.3 Å². The van der Waals surface area contributed by atoms with Crippen molar-refractivity contribution >= 4 is 11.5 Å². The van der Waals surface area contributed by atoms with E-state index in [9.17, 15) is 0 Å². The third kappa shape index (κ3) is 2.39. The van der Waals surface area contributed by atoms with Crippen LogP contribution in [0.1, 0.15) is 19.8 Å². The Labute approximate surface area is 90.5 Å². The molecule has 3 N–H and O–H groups in total. The largest absolute Gasteiger partial charge is 0.370 e. The lowest BCUT2D eigenvalue weighted by atomic mass is 9.99. The molecule has 82 valence electrons. The Bertz CT molecular complexity index is 301. The van der Waals surface area contributed by atoms with Gasteiger partial charge in [-0.1, -0.05) is 6.92 Å². The zero-order valence-corrected chi connectivity index (χ0v) is 9.11. The fourth-order valence-electron chi connectivity index (χ4n) is 1.93. The van der Waals surface area contributed by atoms with Crippen LogP contribution in [-0.2, 0) is 0 Å². The SMILES string of the molecule is CC1CCN(c2ccc(NN)nc2)CC1. The summed E-state index contributed by atoms with van der Waals surface area (Å²) in [5.74, 6) is 6.84. The molecule has 0 bridgehead atoms. The summed E-state index contributed by atoms with van der Waals surface area (Å²) >= 11 is 0. The van der Waals surface area contributed by atoms with E-state index in [0.29, 0.717) is 5.82 Å². The van der Waals surface area contributed by atoms with Gasteiger partial charge in [0.2, 0.25) is 0 Å². The van der Waals surface area contributed by atoms with Gasteiger partial charge in [0.1, 0.15) is 5.82 Å². The highest BCUT2D eigenvalue weighted by Crippen LogP contribution is 2.22. The molecule has 1 aromatic heterocycles. The molecule has 0 saturated carbocycles.